The Hall–Kier alpha value is -2.00. The predicted octanol–water partition coefficient (Wildman–Crippen LogP) is 4.16. The minimum atomic E-state index is 0.207. The summed E-state index contributed by atoms with van der Waals surface area (Å²) in [6.07, 6.45) is 0.207. The molecular weight excluding hydrogens is 274 g/mol. The molecule has 0 saturated carbocycles. The maximum absolute atomic E-state index is 5.65. The van der Waals surface area contributed by atoms with Crippen LogP contribution in [0.3, 0.4) is 0 Å². The van der Waals surface area contributed by atoms with Crippen molar-refractivity contribution in [2.75, 3.05) is 6.61 Å². The summed E-state index contributed by atoms with van der Waals surface area (Å²) >= 11 is 0. The Morgan fingerprint density at radius 3 is 2.36 bits per heavy atom. The highest BCUT2D eigenvalue weighted by atomic mass is 16.5. The van der Waals surface area contributed by atoms with Gasteiger partial charge in [-0.1, -0.05) is 30.3 Å². The van der Waals surface area contributed by atoms with Crippen LogP contribution in [0.5, 0.6) is 11.5 Å². The van der Waals surface area contributed by atoms with E-state index in [0.29, 0.717) is 6.61 Å². The zero-order chi connectivity index (χ0) is 15.8. The third kappa shape index (κ3) is 5.08. The zero-order valence-electron chi connectivity index (χ0n) is 13.6. The summed E-state index contributed by atoms with van der Waals surface area (Å²) in [4.78, 5) is 0. The fourth-order valence-corrected chi connectivity index (χ4v) is 2.25. The molecule has 0 unspecified atom stereocenters. The highest BCUT2D eigenvalue weighted by Gasteiger charge is 2.02. The lowest BCUT2D eigenvalue weighted by atomic mass is 10.2. The van der Waals surface area contributed by atoms with E-state index in [-0.39, 0.29) is 6.10 Å². The Morgan fingerprint density at radius 1 is 0.955 bits per heavy atom. The summed E-state index contributed by atoms with van der Waals surface area (Å²) in [5.74, 6) is 1.87. The fourth-order valence-electron chi connectivity index (χ4n) is 2.25. The van der Waals surface area contributed by atoms with Crippen molar-refractivity contribution in [2.24, 2.45) is 0 Å². The monoisotopic (exact) mass is 299 g/mol. The highest BCUT2D eigenvalue weighted by molar-refractivity contribution is 5.33. The van der Waals surface area contributed by atoms with Crippen LogP contribution in [0.4, 0.5) is 0 Å². The molecule has 0 atom stereocenters. The largest absolute Gasteiger partial charge is 0.494 e. The second kappa shape index (κ2) is 8.44. The van der Waals surface area contributed by atoms with Gasteiger partial charge in [0.1, 0.15) is 11.5 Å². The van der Waals surface area contributed by atoms with Gasteiger partial charge in [0, 0.05) is 18.7 Å². The van der Waals surface area contributed by atoms with Crippen LogP contribution in [0, 0.1) is 0 Å². The standard InChI is InChI=1S/C19H25NO2/c1-4-21-19-8-6-5-7-17(19)14-20-13-16-9-11-18(12-10-16)22-15(2)3/h5-12,15,20H,4,13-14H2,1-3H3. The van der Waals surface area contributed by atoms with Gasteiger partial charge in [-0.25, -0.2) is 0 Å². The average molecular weight is 299 g/mol. The van der Waals surface area contributed by atoms with Crippen molar-refractivity contribution in [1.82, 2.24) is 5.32 Å². The first-order chi connectivity index (χ1) is 10.7. The van der Waals surface area contributed by atoms with Crippen LogP contribution < -0.4 is 14.8 Å². The van der Waals surface area contributed by atoms with Gasteiger partial charge in [-0.05, 0) is 44.5 Å². The summed E-state index contributed by atoms with van der Waals surface area (Å²) in [5.41, 5.74) is 2.43. The van der Waals surface area contributed by atoms with Gasteiger partial charge < -0.3 is 14.8 Å². The quantitative estimate of drug-likeness (QED) is 0.794. The molecule has 22 heavy (non-hydrogen) atoms. The molecule has 0 fully saturated rings. The highest BCUT2D eigenvalue weighted by Crippen LogP contribution is 2.18. The van der Waals surface area contributed by atoms with Crippen molar-refractivity contribution < 1.29 is 9.47 Å². The first-order valence-corrected chi connectivity index (χ1v) is 7.86. The number of ether oxygens (including phenoxy) is 2. The summed E-state index contributed by atoms with van der Waals surface area (Å²) in [5, 5.41) is 3.46. The third-order valence-corrected chi connectivity index (χ3v) is 3.21. The second-order valence-electron chi connectivity index (χ2n) is 5.45. The number of nitrogens with one attached hydrogen (secondary N) is 1. The second-order valence-corrected chi connectivity index (χ2v) is 5.45. The third-order valence-electron chi connectivity index (χ3n) is 3.21. The smallest absolute Gasteiger partial charge is 0.123 e. The Bertz CT molecular complexity index is 564. The van der Waals surface area contributed by atoms with E-state index in [0.717, 1.165) is 24.6 Å². The lowest BCUT2D eigenvalue weighted by Gasteiger charge is -2.12. The molecule has 2 aromatic rings. The molecule has 0 saturated heterocycles. The lowest BCUT2D eigenvalue weighted by molar-refractivity contribution is 0.242. The van der Waals surface area contributed by atoms with Gasteiger partial charge in [-0.2, -0.15) is 0 Å². The Labute approximate surface area is 133 Å². The SMILES string of the molecule is CCOc1ccccc1CNCc1ccc(OC(C)C)cc1. The van der Waals surface area contributed by atoms with E-state index >= 15 is 0 Å². The molecule has 0 aliphatic heterocycles. The maximum atomic E-state index is 5.65. The van der Waals surface area contributed by atoms with Crippen LogP contribution in [-0.2, 0) is 13.1 Å². The number of para-hydroxylation sites is 1. The number of benzene rings is 2. The first kappa shape index (κ1) is 16.4. The number of rotatable bonds is 8. The molecule has 0 bridgehead atoms. The minimum absolute atomic E-state index is 0.207. The topological polar surface area (TPSA) is 30.5 Å². The molecule has 2 rings (SSSR count). The van der Waals surface area contributed by atoms with Crippen LogP contribution in [-0.4, -0.2) is 12.7 Å². The van der Waals surface area contributed by atoms with Crippen molar-refractivity contribution in [3.8, 4) is 11.5 Å². The number of hydrogen-bond donors (Lipinski definition) is 1. The van der Waals surface area contributed by atoms with Crippen molar-refractivity contribution in [2.45, 2.75) is 40.0 Å². The van der Waals surface area contributed by atoms with Crippen LogP contribution in [0.25, 0.3) is 0 Å². The minimum Gasteiger partial charge on any atom is -0.494 e. The Balaban J connectivity index is 1.86. The number of hydrogen-bond acceptors (Lipinski definition) is 3. The van der Waals surface area contributed by atoms with Gasteiger partial charge in [0.25, 0.3) is 0 Å². The summed E-state index contributed by atoms with van der Waals surface area (Å²) in [6.45, 7) is 8.37. The van der Waals surface area contributed by atoms with Crippen molar-refractivity contribution in [3.63, 3.8) is 0 Å². The fraction of sp³-hybridized carbons (Fsp3) is 0.368. The Morgan fingerprint density at radius 2 is 1.68 bits per heavy atom. The molecule has 118 valence electrons. The predicted molar refractivity (Wildman–Crippen MR) is 90.4 cm³/mol. The Kier molecular flexibility index (Phi) is 6.28. The molecule has 0 aromatic heterocycles. The molecule has 0 amide bonds. The van der Waals surface area contributed by atoms with Gasteiger partial charge in [-0.15, -0.1) is 0 Å². The molecule has 0 aliphatic carbocycles. The molecule has 0 heterocycles. The molecule has 3 heteroatoms. The van der Waals surface area contributed by atoms with Crippen LogP contribution in [0.2, 0.25) is 0 Å². The van der Waals surface area contributed by atoms with Gasteiger partial charge in [0.15, 0.2) is 0 Å². The molecule has 2 aromatic carbocycles. The average Bonchev–Trinajstić information content (AvgIpc) is 2.50. The van der Waals surface area contributed by atoms with E-state index in [1.54, 1.807) is 0 Å². The molecule has 0 radical (unpaired) electrons. The normalized spacial score (nSPS) is 10.7. The van der Waals surface area contributed by atoms with Gasteiger partial charge in [0.05, 0.1) is 12.7 Å². The van der Waals surface area contributed by atoms with Gasteiger partial charge in [0.2, 0.25) is 0 Å². The summed E-state index contributed by atoms with van der Waals surface area (Å²) in [6, 6.07) is 16.4. The van der Waals surface area contributed by atoms with E-state index in [9.17, 15) is 0 Å². The van der Waals surface area contributed by atoms with E-state index in [1.807, 2.05) is 51.1 Å². The molecule has 0 aliphatic rings. The van der Waals surface area contributed by atoms with Crippen molar-refractivity contribution in [1.29, 1.82) is 0 Å². The summed E-state index contributed by atoms with van der Waals surface area (Å²) in [7, 11) is 0. The van der Waals surface area contributed by atoms with E-state index < -0.39 is 0 Å². The molecular formula is C19H25NO2. The van der Waals surface area contributed by atoms with Crippen molar-refractivity contribution in [3.05, 3.63) is 59.7 Å². The van der Waals surface area contributed by atoms with Crippen LogP contribution in [0.15, 0.2) is 48.5 Å². The van der Waals surface area contributed by atoms with E-state index in [1.165, 1.54) is 11.1 Å². The maximum Gasteiger partial charge on any atom is 0.123 e. The summed E-state index contributed by atoms with van der Waals surface area (Å²) < 4.78 is 11.3. The van der Waals surface area contributed by atoms with E-state index in [2.05, 4.69) is 23.5 Å². The molecule has 1 N–H and O–H groups in total. The molecule has 0 spiro atoms. The van der Waals surface area contributed by atoms with E-state index in [4.69, 9.17) is 9.47 Å². The molecule has 3 nitrogen and oxygen atoms in total. The van der Waals surface area contributed by atoms with Crippen LogP contribution >= 0.6 is 0 Å². The van der Waals surface area contributed by atoms with Crippen molar-refractivity contribution >= 4 is 0 Å². The van der Waals surface area contributed by atoms with Crippen LogP contribution in [0.1, 0.15) is 31.9 Å². The van der Waals surface area contributed by atoms with Gasteiger partial charge in [-0.3, -0.25) is 0 Å². The van der Waals surface area contributed by atoms with Gasteiger partial charge >= 0.3 is 0 Å². The first-order valence-electron chi connectivity index (χ1n) is 7.86. The lowest BCUT2D eigenvalue weighted by Crippen LogP contribution is -2.13. The zero-order valence-corrected chi connectivity index (χ0v) is 13.6.